The van der Waals surface area contributed by atoms with Gasteiger partial charge in [-0.1, -0.05) is 18.2 Å². The van der Waals surface area contributed by atoms with Crippen LogP contribution in [0.25, 0.3) is 27.2 Å². The van der Waals surface area contributed by atoms with Gasteiger partial charge in [-0.15, -0.1) is 11.3 Å². The van der Waals surface area contributed by atoms with Crippen LogP contribution >= 0.6 is 11.3 Å². The lowest BCUT2D eigenvalue weighted by atomic mass is 10.1. The summed E-state index contributed by atoms with van der Waals surface area (Å²) in [4.78, 5) is 10.5. The number of hydrogen-bond acceptors (Lipinski definition) is 5. The number of ether oxygens (including phenoxy) is 1. The standard InChI is InChI=1S/C22H22N4OS/c1-15-4-2-5-17(12-15)26-13-18(19-6-3-11-28-19)20-21(23-14-24-22(20)26)25-16-7-9-27-10-8-16/h2-6,11-14,16H,7-10H2,1H3,(H,23,24,25). The van der Waals surface area contributed by atoms with Gasteiger partial charge in [0.15, 0.2) is 5.65 Å². The summed E-state index contributed by atoms with van der Waals surface area (Å²) in [6, 6.07) is 13.1. The highest BCUT2D eigenvalue weighted by molar-refractivity contribution is 7.13. The first-order valence-corrected chi connectivity index (χ1v) is 10.5. The van der Waals surface area contributed by atoms with E-state index in [1.807, 2.05) is 0 Å². The lowest BCUT2D eigenvalue weighted by Gasteiger charge is -2.24. The van der Waals surface area contributed by atoms with E-state index in [-0.39, 0.29) is 0 Å². The zero-order valence-electron chi connectivity index (χ0n) is 15.8. The summed E-state index contributed by atoms with van der Waals surface area (Å²) in [6.45, 7) is 3.71. The molecule has 4 heterocycles. The van der Waals surface area contributed by atoms with Gasteiger partial charge < -0.3 is 14.6 Å². The molecule has 5 nitrogen and oxygen atoms in total. The normalized spacial score (nSPS) is 15.2. The topological polar surface area (TPSA) is 52.0 Å². The fourth-order valence-corrected chi connectivity index (χ4v) is 4.54. The van der Waals surface area contributed by atoms with Crippen LogP contribution in [0, 0.1) is 6.92 Å². The molecule has 0 radical (unpaired) electrons. The molecule has 142 valence electrons. The zero-order valence-corrected chi connectivity index (χ0v) is 16.6. The van der Waals surface area contributed by atoms with Gasteiger partial charge in [-0.3, -0.25) is 0 Å². The van der Waals surface area contributed by atoms with E-state index in [1.165, 1.54) is 16.0 Å². The molecule has 4 aromatic rings. The molecule has 5 rings (SSSR count). The van der Waals surface area contributed by atoms with Crippen LogP contribution < -0.4 is 5.32 Å². The van der Waals surface area contributed by atoms with Gasteiger partial charge >= 0.3 is 0 Å². The van der Waals surface area contributed by atoms with Crippen molar-refractivity contribution in [3.63, 3.8) is 0 Å². The van der Waals surface area contributed by atoms with Crippen molar-refractivity contribution in [2.45, 2.75) is 25.8 Å². The maximum atomic E-state index is 5.51. The molecule has 0 saturated carbocycles. The van der Waals surface area contributed by atoms with Crippen molar-refractivity contribution in [1.29, 1.82) is 0 Å². The summed E-state index contributed by atoms with van der Waals surface area (Å²) >= 11 is 1.74. The van der Waals surface area contributed by atoms with Crippen LogP contribution in [0.15, 0.2) is 54.3 Å². The number of fused-ring (bicyclic) bond motifs is 1. The smallest absolute Gasteiger partial charge is 0.150 e. The van der Waals surface area contributed by atoms with Crippen LogP contribution in [0.5, 0.6) is 0 Å². The maximum absolute atomic E-state index is 5.51. The molecule has 0 amide bonds. The second-order valence-corrected chi connectivity index (χ2v) is 8.13. The van der Waals surface area contributed by atoms with Gasteiger partial charge in [-0.2, -0.15) is 0 Å². The summed E-state index contributed by atoms with van der Waals surface area (Å²) in [5, 5.41) is 6.86. The predicted octanol–water partition coefficient (Wildman–Crippen LogP) is 5.05. The zero-order chi connectivity index (χ0) is 18.9. The van der Waals surface area contributed by atoms with Gasteiger partial charge in [0.25, 0.3) is 0 Å². The molecule has 0 bridgehead atoms. The lowest BCUT2D eigenvalue weighted by Crippen LogP contribution is -2.28. The minimum absolute atomic E-state index is 0.380. The third-order valence-corrected chi connectivity index (χ3v) is 6.11. The molecule has 0 atom stereocenters. The average Bonchev–Trinajstić information content (AvgIpc) is 3.37. The van der Waals surface area contributed by atoms with Crippen LogP contribution in [-0.4, -0.2) is 33.8 Å². The molecule has 0 aliphatic carbocycles. The van der Waals surface area contributed by atoms with Gasteiger partial charge in [-0.05, 0) is 48.9 Å². The fourth-order valence-electron chi connectivity index (χ4n) is 3.80. The van der Waals surface area contributed by atoms with Crippen molar-refractivity contribution in [3.05, 3.63) is 59.9 Å². The highest BCUT2D eigenvalue weighted by Gasteiger charge is 2.21. The third-order valence-electron chi connectivity index (χ3n) is 5.21. The summed E-state index contributed by atoms with van der Waals surface area (Å²) in [5.41, 5.74) is 4.44. The van der Waals surface area contributed by atoms with Gasteiger partial charge in [0.2, 0.25) is 0 Å². The Kier molecular flexibility index (Phi) is 4.58. The van der Waals surface area contributed by atoms with Crippen LogP contribution in [0.4, 0.5) is 5.82 Å². The fraction of sp³-hybridized carbons (Fsp3) is 0.273. The summed E-state index contributed by atoms with van der Waals surface area (Å²) in [5.74, 6) is 0.909. The Morgan fingerprint density at radius 2 is 2.04 bits per heavy atom. The number of rotatable bonds is 4. The second-order valence-electron chi connectivity index (χ2n) is 7.18. The molecule has 0 unspecified atom stereocenters. The second kappa shape index (κ2) is 7.37. The third kappa shape index (κ3) is 3.19. The number of aromatic nitrogens is 3. The minimum atomic E-state index is 0.380. The average molecular weight is 391 g/mol. The van der Waals surface area contributed by atoms with Crippen molar-refractivity contribution in [2.75, 3.05) is 18.5 Å². The van der Waals surface area contributed by atoms with E-state index in [4.69, 9.17) is 4.74 Å². The number of anilines is 1. The Labute approximate surface area is 168 Å². The molecule has 1 aliphatic heterocycles. The van der Waals surface area contributed by atoms with E-state index >= 15 is 0 Å². The number of benzene rings is 1. The SMILES string of the molecule is Cc1cccc(-n2cc(-c3cccs3)c3c(NC4CCOCC4)ncnc32)c1. The monoisotopic (exact) mass is 390 g/mol. The van der Waals surface area contributed by atoms with Crippen LogP contribution in [-0.2, 0) is 4.74 Å². The Morgan fingerprint density at radius 3 is 2.82 bits per heavy atom. The van der Waals surface area contributed by atoms with E-state index in [9.17, 15) is 0 Å². The van der Waals surface area contributed by atoms with Crippen LogP contribution in [0.2, 0.25) is 0 Å². The summed E-state index contributed by atoms with van der Waals surface area (Å²) < 4.78 is 7.68. The molecule has 6 heteroatoms. The Hall–Kier alpha value is -2.70. The number of hydrogen-bond donors (Lipinski definition) is 1. The van der Waals surface area contributed by atoms with Crippen molar-refractivity contribution in [1.82, 2.24) is 14.5 Å². The summed E-state index contributed by atoms with van der Waals surface area (Å²) in [6.07, 6.45) is 5.85. The molecule has 28 heavy (non-hydrogen) atoms. The van der Waals surface area contributed by atoms with Crippen molar-refractivity contribution in [3.8, 4) is 16.1 Å². The van der Waals surface area contributed by atoms with Crippen molar-refractivity contribution < 1.29 is 4.74 Å². The first kappa shape index (κ1) is 17.4. The van der Waals surface area contributed by atoms with E-state index in [0.717, 1.165) is 48.6 Å². The molecular weight excluding hydrogens is 368 g/mol. The van der Waals surface area contributed by atoms with Gasteiger partial charge in [0.1, 0.15) is 12.1 Å². The van der Waals surface area contributed by atoms with Crippen LogP contribution in [0.3, 0.4) is 0 Å². The van der Waals surface area contributed by atoms with Crippen LogP contribution in [0.1, 0.15) is 18.4 Å². The predicted molar refractivity (Wildman–Crippen MR) is 114 cm³/mol. The minimum Gasteiger partial charge on any atom is -0.381 e. The highest BCUT2D eigenvalue weighted by atomic mass is 32.1. The lowest BCUT2D eigenvalue weighted by molar-refractivity contribution is 0.0904. The number of nitrogens with one attached hydrogen (secondary N) is 1. The first-order valence-electron chi connectivity index (χ1n) is 9.61. The molecule has 1 aromatic carbocycles. The molecular formula is C22H22N4OS. The summed E-state index contributed by atoms with van der Waals surface area (Å²) in [7, 11) is 0. The maximum Gasteiger partial charge on any atom is 0.150 e. The van der Waals surface area contributed by atoms with E-state index in [1.54, 1.807) is 17.7 Å². The van der Waals surface area contributed by atoms with E-state index < -0.39 is 0 Å². The van der Waals surface area contributed by atoms with Gasteiger partial charge in [-0.25, -0.2) is 9.97 Å². The van der Waals surface area contributed by atoms with E-state index in [2.05, 4.69) is 74.8 Å². The molecule has 1 fully saturated rings. The molecule has 1 N–H and O–H groups in total. The van der Waals surface area contributed by atoms with Gasteiger partial charge in [0, 0.05) is 41.6 Å². The number of thiophene rings is 1. The largest absolute Gasteiger partial charge is 0.381 e. The number of aryl methyl sites for hydroxylation is 1. The van der Waals surface area contributed by atoms with E-state index in [0.29, 0.717) is 6.04 Å². The Balaban J connectivity index is 1.69. The Bertz CT molecular complexity index is 1100. The molecule has 1 saturated heterocycles. The van der Waals surface area contributed by atoms with Gasteiger partial charge in [0.05, 0.1) is 5.39 Å². The quantitative estimate of drug-likeness (QED) is 0.530. The van der Waals surface area contributed by atoms with Crippen molar-refractivity contribution >= 4 is 28.2 Å². The molecule has 1 aliphatic rings. The molecule has 0 spiro atoms. The highest BCUT2D eigenvalue weighted by Crippen LogP contribution is 2.37. The number of nitrogens with zero attached hydrogens (tertiary/aromatic N) is 3. The Morgan fingerprint density at radius 1 is 1.14 bits per heavy atom. The van der Waals surface area contributed by atoms with Crippen molar-refractivity contribution in [2.24, 2.45) is 0 Å². The first-order chi connectivity index (χ1) is 13.8. The molecule has 3 aromatic heterocycles.